The summed E-state index contributed by atoms with van der Waals surface area (Å²) >= 11 is 3.16. The van der Waals surface area contributed by atoms with Gasteiger partial charge >= 0.3 is 12.6 Å². The van der Waals surface area contributed by atoms with Crippen LogP contribution in [0.15, 0.2) is 59.2 Å². The SMILES string of the molecule is NC(=O)c1ncccc1Oc1ccc(NC(=O)Nc2cc(Br)ccc2OC(F)F)c(F)c1. The molecule has 4 N–H and O–H groups in total. The summed E-state index contributed by atoms with van der Waals surface area (Å²) in [5, 5.41) is 4.56. The molecule has 0 fully saturated rings. The monoisotopic (exact) mass is 510 g/mol. The van der Waals surface area contributed by atoms with E-state index in [1.807, 2.05) is 0 Å². The Kier molecular flexibility index (Phi) is 7.15. The topological polar surface area (TPSA) is 116 Å². The maximum atomic E-state index is 14.5. The smallest absolute Gasteiger partial charge is 0.387 e. The number of nitrogens with zero attached hydrogens (tertiary/aromatic N) is 1. The molecule has 0 aliphatic rings. The number of aromatic nitrogens is 1. The fourth-order valence-electron chi connectivity index (χ4n) is 2.52. The molecule has 32 heavy (non-hydrogen) atoms. The fraction of sp³-hybridized carbons (Fsp3) is 0.0500. The van der Waals surface area contributed by atoms with Crippen molar-refractivity contribution in [2.24, 2.45) is 5.73 Å². The van der Waals surface area contributed by atoms with Crippen LogP contribution in [0.1, 0.15) is 10.5 Å². The van der Waals surface area contributed by atoms with Gasteiger partial charge in [-0.3, -0.25) is 4.79 Å². The van der Waals surface area contributed by atoms with E-state index in [1.54, 1.807) is 0 Å². The van der Waals surface area contributed by atoms with Gasteiger partial charge in [0.2, 0.25) is 0 Å². The summed E-state index contributed by atoms with van der Waals surface area (Å²) in [6.45, 7) is -3.10. The Labute approximate surface area is 187 Å². The first-order chi connectivity index (χ1) is 15.2. The number of benzene rings is 2. The van der Waals surface area contributed by atoms with Crippen molar-refractivity contribution in [3.05, 3.63) is 70.7 Å². The third-order valence-corrected chi connectivity index (χ3v) is 4.32. The van der Waals surface area contributed by atoms with Crippen molar-refractivity contribution in [1.29, 1.82) is 0 Å². The first-order valence-electron chi connectivity index (χ1n) is 8.77. The molecule has 12 heteroatoms. The van der Waals surface area contributed by atoms with E-state index in [1.165, 1.54) is 48.7 Å². The third-order valence-electron chi connectivity index (χ3n) is 3.83. The average molecular weight is 511 g/mol. The molecular formula is C20H14BrF3N4O4. The zero-order chi connectivity index (χ0) is 23.3. The number of alkyl halides is 2. The van der Waals surface area contributed by atoms with Gasteiger partial charge in [-0.25, -0.2) is 14.2 Å². The summed E-state index contributed by atoms with van der Waals surface area (Å²) in [6.07, 6.45) is 1.35. The number of carbonyl (C=O) groups excluding carboxylic acids is 2. The third kappa shape index (κ3) is 5.88. The van der Waals surface area contributed by atoms with E-state index in [9.17, 15) is 22.8 Å². The standard InChI is InChI=1S/C20H14BrF3N4O4/c21-10-3-6-15(32-19(23)24)14(8-10)28-20(30)27-13-5-4-11(9-12(13)22)31-16-2-1-7-26-17(16)18(25)29/h1-9,19H,(H2,25,29)(H2,27,28,30). The lowest BCUT2D eigenvalue weighted by Crippen LogP contribution is -2.21. The van der Waals surface area contributed by atoms with Crippen LogP contribution in [-0.4, -0.2) is 23.5 Å². The number of primary amides is 1. The molecule has 0 spiro atoms. The number of nitrogens with two attached hydrogens (primary N) is 1. The summed E-state index contributed by atoms with van der Waals surface area (Å²) < 4.78 is 49.9. The number of halogens is 4. The Balaban J connectivity index is 1.72. The van der Waals surface area contributed by atoms with Crippen LogP contribution in [0, 0.1) is 5.82 Å². The van der Waals surface area contributed by atoms with Gasteiger partial charge in [-0.05, 0) is 42.5 Å². The van der Waals surface area contributed by atoms with Crippen LogP contribution < -0.4 is 25.8 Å². The second kappa shape index (κ2) is 10.0. The molecule has 0 radical (unpaired) electrons. The van der Waals surface area contributed by atoms with Gasteiger partial charge < -0.3 is 25.8 Å². The number of hydrogen-bond acceptors (Lipinski definition) is 5. The molecule has 0 unspecified atom stereocenters. The van der Waals surface area contributed by atoms with E-state index >= 15 is 0 Å². The van der Waals surface area contributed by atoms with Gasteiger partial charge in [0.25, 0.3) is 5.91 Å². The molecule has 166 valence electrons. The molecule has 2 aromatic carbocycles. The van der Waals surface area contributed by atoms with E-state index in [0.29, 0.717) is 4.47 Å². The molecular weight excluding hydrogens is 497 g/mol. The van der Waals surface area contributed by atoms with Gasteiger partial charge in [-0.1, -0.05) is 15.9 Å². The lowest BCUT2D eigenvalue weighted by Gasteiger charge is -2.14. The zero-order valence-electron chi connectivity index (χ0n) is 15.9. The lowest BCUT2D eigenvalue weighted by molar-refractivity contribution is -0.0493. The Bertz CT molecular complexity index is 1160. The molecule has 0 bridgehead atoms. The molecule has 0 saturated carbocycles. The van der Waals surface area contributed by atoms with Gasteiger partial charge in [0, 0.05) is 16.7 Å². The number of carbonyl (C=O) groups is 2. The molecule has 3 rings (SSSR count). The van der Waals surface area contributed by atoms with Crippen molar-refractivity contribution in [1.82, 2.24) is 4.98 Å². The maximum absolute atomic E-state index is 14.5. The van der Waals surface area contributed by atoms with Gasteiger partial charge in [0.15, 0.2) is 11.4 Å². The average Bonchev–Trinajstić information content (AvgIpc) is 2.72. The highest BCUT2D eigenvalue weighted by atomic mass is 79.9. The van der Waals surface area contributed by atoms with E-state index < -0.39 is 24.4 Å². The minimum atomic E-state index is -3.10. The fourth-order valence-corrected chi connectivity index (χ4v) is 2.88. The quantitative estimate of drug-likeness (QED) is 0.408. The first kappa shape index (κ1) is 22.9. The Morgan fingerprint density at radius 1 is 1.03 bits per heavy atom. The van der Waals surface area contributed by atoms with Crippen LogP contribution in [-0.2, 0) is 0 Å². The molecule has 0 aliphatic heterocycles. The first-order valence-corrected chi connectivity index (χ1v) is 9.57. The predicted octanol–water partition coefficient (Wildman–Crippen LogP) is 5.12. The van der Waals surface area contributed by atoms with Gasteiger partial charge in [0.05, 0.1) is 11.4 Å². The van der Waals surface area contributed by atoms with Crippen LogP contribution in [0.2, 0.25) is 0 Å². The van der Waals surface area contributed by atoms with E-state index in [0.717, 1.165) is 6.07 Å². The van der Waals surface area contributed by atoms with Crippen LogP contribution in [0.3, 0.4) is 0 Å². The number of anilines is 2. The van der Waals surface area contributed by atoms with Crippen LogP contribution in [0.25, 0.3) is 0 Å². The lowest BCUT2D eigenvalue weighted by atomic mass is 10.2. The molecule has 0 saturated heterocycles. The highest BCUT2D eigenvalue weighted by Gasteiger charge is 2.15. The number of urea groups is 1. The van der Waals surface area contributed by atoms with E-state index in [4.69, 9.17) is 10.5 Å². The molecule has 3 amide bonds. The van der Waals surface area contributed by atoms with Crippen molar-refractivity contribution < 1.29 is 32.2 Å². The summed E-state index contributed by atoms with van der Waals surface area (Å²) in [5.74, 6) is -1.91. The Morgan fingerprint density at radius 3 is 2.47 bits per heavy atom. The summed E-state index contributed by atoms with van der Waals surface area (Å²) in [7, 11) is 0. The molecule has 0 aliphatic carbocycles. The van der Waals surface area contributed by atoms with Crippen molar-refractivity contribution in [2.45, 2.75) is 6.61 Å². The zero-order valence-corrected chi connectivity index (χ0v) is 17.5. The summed E-state index contributed by atoms with van der Waals surface area (Å²) in [6, 6.07) is 9.57. The van der Waals surface area contributed by atoms with Crippen LogP contribution in [0.4, 0.5) is 29.3 Å². The number of amides is 3. The van der Waals surface area contributed by atoms with Gasteiger partial charge in [0.1, 0.15) is 17.3 Å². The normalized spacial score (nSPS) is 10.5. The minimum absolute atomic E-state index is 0.0172. The van der Waals surface area contributed by atoms with Crippen molar-refractivity contribution in [3.63, 3.8) is 0 Å². The number of rotatable bonds is 7. The van der Waals surface area contributed by atoms with Crippen molar-refractivity contribution >= 4 is 39.2 Å². The summed E-state index contributed by atoms with van der Waals surface area (Å²) in [4.78, 5) is 27.5. The van der Waals surface area contributed by atoms with Crippen molar-refractivity contribution in [2.75, 3.05) is 10.6 Å². The largest absolute Gasteiger partial charge is 0.455 e. The second-order valence-electron chi connectivity index (χ2n) is 6.06. The predicted molar refractivity (Wildman–Crippen MR) is 113 cm³/mol. The number of ether oxygens (including phenoxy) is 2. The highest BCUT2D eigenvalue weighted by Crippen LogP contribution is 2.30. The highest BCUT2D eigenvalue weighted by molar-refractivity contribution is 9.10. The van der Waals surface area contributed by atoms with Crippen molar-refractivity contribution in [3.8, 4) is 17.2 Å². The second-order valence-corrected chi connectivity index (χ2v) is 6.97. The van der Waals surface area contributed by atoms with E-state index in [-0.39, 0.29) is 34.3 Å². The van der Waals surface area contributed by atoms with Crippen LogP contribution in [0.5, 0.6) is 17.2 Å². The Hall–Kier alpha value is -3.80. The number of hydrogen-bond donors (Lipinski definition) is 3. The summed E-state index contributed by atoms with van der Waals surface area (Å²) in [5.41, 5.74) is 4.81. The molecule has 1 aromatic heterocycles. The van der Waals surface area contributed by atoms with Gasteiger partial charge in [-0.15, -0.1) is 0 Å². The number of nitrogens with one attached hydrogen (secondary N) is 2. The van der Waals surface area contributed by atoms with Gasteiger partial charge in [-0.2, -0.15) is 8.78 Å². The molecule has 8 nitrogen and oxygen atoms in total. The molecule has 1 heterocycles. The Morgan fingerprint density at radius 2 is 1.78 bits per heavy atom. The number of pyridine rings is 1. The van der Waals surface area contributed by atoms with E-state index in [2.05, 4.69) is 36.3 Å². The molecule has 3 aromatic rings. The molecule has 0 atom stereocenters. The minimum Gasteiger partial charge on any atom is -0.455 e. The maximum Gasteiger partial charge on any atom is 0.387 e. The van der Waals surface area contributed by atoms with Crippen LogP contribution >= 0.6 is 15.9 Å².